The van der Waals surface area contributed by atoms with Gasteiger partial charge in [-0.25, -0.2) is 0 Å². The SMILES string of the molecule is COc1cc(Br)cc(OC)c1N1CCN(C2CCN(C)CC2)CC1. The summed E-state index contributed by atoms with van der Waals surface area (Å²) in [5, 5.41) is 0. The summed E-state index contributed by atoms with van der Waals surface area (Å²) in [6, 6.07) is 4.78. The second kappa shape index (κ2) is 7.93. The van der Waals surface area contributed by atoms with Crippen LogP contribution in [0.1, 0.15) is 12.8 Å². The minimum absolute atomic E-state index is 0.747. The van der Waals surface area contributed by atoms with Gasteiger partial charge >= 0.3 is 0 Å². The zero-order chi connectivity index (χ0) is 17.1. The van der Waals surface area contributed by atoms with Crippen molar-refractivity contribution in [3.8, 4) is 11.5 Å². The van der Waals surface area contributed by atoms with Gasteiger partial charge in [-0.3, -0.25) is 4.90 Å². The summed E-state index contributed by atoms with van der Waals surface area (Å²) < 4.78 is 12.2. The van der Waals surface area contributed by atoms with Crippen LogP contribution in [0.2, 0.25) is 0 Å². The van der Waals surface area contributed by atoms with Crippen molar-refractivity contribution in [2.75, 3.05) is 65.4 Å². The highest BCUT2D eigenvalue weighted by Crippen LogP contribution is 2.41. The van der Waals surface area contributed by atoms with Crippen molar-refractivity contribution in [3.63, 3.8) is 0 Å². The molecule has 24 heavy (non-hydrogen) atoms. The number of methoxy groups -OCH3 is 2. The van der Waals surface area contributed by atoms with Crippen LogP contribution in [0.3, 0.4) is 0 Å². The molecule has 1 aromatic rings. The topological polar surface area (TPSA) is 28.2 Å². The molecule has 0 aliphatic carbocycles. The highest BCUT2D eigenvalue weighted by molar-refractivity contribution is 9.10. The largest absolute Gasteiger partial charge is 0.494 e. The zero-order valence-electron chi connectivity index (χ0n) is 14.9. The maximum atomic E-state index is 5.61. The molecule has 5 nitrogen and oxygen atoms in total. The second-order valence-corrected chi connectivity index (χ2v) is 7.63. The lowest BCUT2D eigenvalue weighted by atomic mass is 10.0. The van der Waals surface area contributed by atoms with Crippen LogP contribution in [-0.2, 0) is 0 Å². The predicted octanol–water partition coefficient (Wildman–Crippen LogP) is 2.68. The third-order valence-electron chi connectivity index (χ3n) is 5.28. The molecule has 2 aliphatic rings. The van der Waals surface area contributed by atoms with Crippen LogP contribution in [0.4, 0.5) is 5.69 Å². The third kappa shape index (κ3) is 3.81. The van der Waals surface area contributed by atoms with Gasteiger partial charge in [0.2, 0.25) is 0 Å². The molecule has 0 bridgehead atoms. The monoisotopic (exact) mass is 397 g/mol. The molecule has 0 N–H and O–H groups in total. The predicted molar refractivity (Wildman–Crippen MR) is 102 cm³/mol. The lowest BCUT2D eigenvalue weighted by Gasteiger charge is -2.43. The number of rotatable bonds is 4. The summed E-state index contributed by atoms with van der Waals surface area (Å²) in [5.41, 5.74) is 1.08. The first-order chi connectivity index (χ1) is 11.6. The molecule has 2 aliphatic heterocycles. The Morgan fingerprint density at radius 2 is 1.46 bits per heavy atom. The summed E-state index contributed by atoms with van der Waals surface area (Å²) in [7, 11) is 5.67. The highest BCUT2D eigenvalue weighted by Gasteiger charge is 2.28. The molecular weight excluding hydrogens is 370 g/mol. The van der Waals surface area contributed by atoms with Gasteiger partial charge in [-0.15, -0.1) is 0 Å². The van der Waals surface area contributed by atoms with Crippen molar-refractivity contribution in [2.45, 2.75) is 18.9 Å². The highest BCUT2D eigenvalue weighted by atomic mass is 79.9. The van der Waals surface area contributed by atoms with Crippen LogP contribution in [0.25, 0.3) is 0 Å². The molecule has 0 atom stereocenters. The van der Waals surface area contributed by atoms with E-state index in [0.29, 0.717) is 0 Å². The van der Waals surface area contributed by atoms with E-state index in [1.54, 1.807) is 14.2 Å². The summed E-state index contributed by atoms with van der Waals surface area (Å²) in [5.74, 6) is 1.74. The Balaban J connectivity index is 1.68. The van der Waals surface area contributed by atoms with E-state index >= 15 is 0 Å². The number of hydrogen-bond acceptors (Lipinski definition) is 5. The van der Waals surface area contributed by atoms with Gasteiger partial charge in [0.15, 0.2) is 0 Å². The van der Waals surface area contributed by atoms with Gasteiger partial charge in [0, 0.05) is 36.7 Å². The molecule has 0 spiro atoms. The second-order valence-electron chi connectivity index (χ2n) is 6.72. The number of piperazine rings is 1. The van der Waals surface area contributed by atoms with Crippen molar-refractivity contribution in [1.82, 2.24) is 9.80 Å². The number of benzene rings is 1. The van der Waals surface area contributed by atoms with E-state index in [0.717, 1.165) is 53.9 Å². The van der Waals surface area contributed by atoms with E-state index in [1.165, 1.54) is 25.9 Å². The van der Waals surface area contributed by atoms with Crippen LogP contribution < -0.4 is 14.4 Å². The van der Waals surface area contributed by atoms with E-state index in [4.69, 9.17) is 9.47 Å². The Morgan fingerprint density at radius 1 is 0.917 bits per heavy atom. The third-order valence-corrected chi connectivity index (χ3v) is 5.74. The minimum atomic E-state index is 0.747. The molecule has 2 saturated heterocycles. The Kier molecular flexibility index (Phi) is 5.89. The molecule has 1 aromatic carbocycles. The number of piperidine rings is 1. The van der Waals surface area contributed by atoms with Gasteiger partial charge in [-0.05, 0) is 45.1 Å². The molecule has 2 fully saturated rings. The average Bonchev–Trinajstić information content (AvgIpc) is 2.61. The Hall–Kier alpha value is -0.980. The number of hydrogen-bond donors (Lipinski definition) is 0. The fraction of sp³-hybridized carbons (Fsp3) is 0.667. The molecule has 3 rings (SSSR count). The Morgan fingerprint density at radius 3 is 1.96 bits per heavy atom. The molecular formula is C18H28BrN3O2. The average molecular weight is 398 g/mol. The summed E-state index contributed by atoms with van der Waals surface area (Å²) in [6.07, 6.45) is 2.59. The normalized spacial score (nSPS) is 21.1. The summed E-state index contributed by atoms with van der Waals surface area (Å²) in [6.45, 7) is 6.69. The van der Waals surface area contributed by atoms with E-state index in [1.807, 2.05) is 12.1 Å². The standard InChI is InChI=1S/C18H28BrN3O2/c1-20-6-4-15(5-7-20)21-8-10-22(11-9-21)18-16(23-2)12-14(19)13-17(18)24-3/h12-13,15H,4-11H2,1-3H3. The first kappa shape index (κ1) is 17.8. The van der Waals surface area contributed by atoms with Gasteiger partial charge in [-0.1, -0.05) is 15.9 Å². The fourth-order valence-corrected chi connectivity index (χ4v) is 4.26. The summed E-state index contributed by atoms with van der Waals surface area (Å²) >= 11 is 3.53. The van der Waals surface area contributed by atoms with Crippen LogP contribution in [-0.4, -0.2) is 76.4 Å². The molecule has 0 saturated carbocycles. The van der Waals surface area contributed by atoms with E-state index in [9.17, 15) is 0 Å². The van der Waals surface area contributed by atoms with Crippen LogP contribution in [0, 0.1) is 0 Å². The number of ether oxygens (including phenoxy) is 2. The lowest BCUT2D eigenvalue weighted by molar-refractivity contribution is 0.115. The van der Waals surface area contributed by atoms with E-state index in [-0.39, 0.29) is 0 Å². The maximum Gasteiger partial charge on any atom is 0.147 e. The van der Waals surface area contributed by atoms with Crippen LogP contribution >= 0.6 is 15.9 Å². The Bertz CT molecular complexity index is 528. The van der Waals surface area contributed by atoms with Gasteiger partial charge in [0.1, 0.15) is 17.2 Å². The van der Waals surface area contributed by atoms with Gasteiger partial charge in [-0.2, -0.15) is 0 Å². The lowest BCUT2D eigenvalue weighted by Crippen LogP contribution is -2.53. The molecule has 2 heterocycles. The first-order valence-corrected chi connectivity index (χ1v) is 9.50. The number of nitrogens with zero attached hydrogens (tertiary/aromatic N) is 3. The molecule has 0 unspecified atom stereocenters. The van der Waals surface area contributed by atoms with E-state index < -0.39 is 0 Å². The molecule has 0 radical (unpaired) electrons. The van der Waals surface area contributed by atoms with E-state index in [2.05, 4.69) is 37.7 Å². The van der Waals surface area contributed by atoms with Crippen LogP contribution in [0.15, 0.2) is 16.6 Å². The first-order valence-electron chi connectivity index (χ1n) is 8.71. The number of halogens is 1. The fourth-order valence-electron chi connectivity index (χ4n) is 3.84. The molecule has 134 valence electrons. The quantitative estimate of drug-likeness (QED) is 0.778. The van der Waals surface area contributed by atoms with Crippen molar-refractivity contribution in [1.29, 1.82) is 0 Å². The van der Waals surface area contributed by atoms with Crippen LogP contribution in [0.5, 0.6) is 11.5 Å². The number of likely N-dealkylation sites (tertiary alicyclic amines) is 1. The molecule has 0 amide bonds. The van der Waals surface area contributed by atoms with Gasteiger partial charge in [0.05, 0.1) is 14.2 Å². The van der Waals surface area contributed by atoms with Crippen molar-refractivity contribution < 1.29 is 9.47 Å². The van der Waals surface area contributed by atoms with Crippen molar-refractivity contribution in [3.05, 3.63) is 16.6 Å². The van der Waals surface area contributed by atoms with Gasteiger partial charge in [0.25, 0.3) is 0 Å². The maximum absolute atomic E-state index is 5.61. The molecule has 0 aromatic heterocycles. The van der Waals surface area contributed by atoms with Crippen molar-refractivity contribution >= 4 is 21.6 Å². The number of anilines is 1. The summed E-state index contributed by atoms with van der Waals surface area (Å²) in [4.78, 5) is 7.50. The zero-order valence-corrected chi connectivity index (χ0v) is 16.5. The van der Waals surface area contributed by atoms with Crippen molar-refractivity contribution in [2.24, 2.45) is 0 Å². The molecule has 6 heteroatoms. The smallest absolute Gasteiger partial charge is 0.147 e. The Labute approximate surface area is 153 Å². The van der Waals surface area contributed by atoms with Gasteiger partial charge < -0.3 is 19.3 Å². The minimum Gasteiger partial charge on any atom is -0.494 e.